The Balaban J connectivity index is 1.62. The van der Waals surface area contributed by atoms with Crippen LogP contribution in [0.5, 0.6) is 0 Å². The molecule has 0 radical (unpaired) electrons. The van der Waals surface area contributed by atoms with Crippen molar-refractivity contribution in [2.75, 3.05) is 93.3 Å². The van der Waals surface area contributed by atoms with E-state index >= 15 is 0 Å². The second-order valence-electron chi connectivity index (χ2n) is 10.3. The van der Waals surface area contributed by atoms with Crippen LogP contribution in [0.25, 0.3) is 0 Å². The maximum Gasteiger partial charge on any atom is 0.356 e. The van der Waals surface area contributed by atoms with E-state index in [9.17, 15) is 14.4 Å². The van der Waals surface area contributed by atoms with E-state index in [1.807, 2.05) is 24.3 Å². The molecule has 0 saturated carbocycles. The van der Waals surface area contributed by atoms with Crippen molar-refractivity contribution in [1.29, 1.82) is 0 Å². The minimum absolute atomic E-state index is 0.0685. The van der Waals surface area contributed by atoms with Crippen molar-refractivity contribution in [3.05, 3.63) is 65.0 Å². The molecular formula is C32H45N3O10. The van der Waals surface area contributed by atoms with Gasteiger partial charge in [-0.15, -0.1) is 0 Å². The van der Waals surface area contributed by atoms with Crippen LogP contribution in [0.4, 0.5) is 0 Å². The number of carbonyl (C=O) groups is 3. The van der Waals surface area contributed by atoms with Crippen LogP contribution in [0.2, 0.25) is 0 Å². The summed E-state index contributed by atoms with van der Waals surface area (Å²) in [4.78, 5) is 44.2. The number of rotatable bonds is 8. The van der Waals surface area contributed by atoms with Gasteiger partial charge in [0.15, 0.2) is 0 Å². The largest absolute Gasteiger partial charge is 0.465 e. The summed E-state index contributed by atoms with van der Waals surface area (Å²) in [5, 5.41) is 0. The maximum absolute atomic E-state index is 12.0. The second kappa shape index (κ2) is 20.5. The lowest BCUT2D eigenvalue weighted by Gasteiger charge is -2.25. The molecule has 0 spiro atoms. The van der Waals surface area contributed by atoms with Crippen molar-refractivity contribution in [3.63, 3.8) is 0 Å². The van der Waals surface area contributed by atoms with Crippen LogP contribution in [0.3, 0.4) is 0 Å². The van der Waals surface area contributed by atoms with E-state index in [1.54, 1.807) is 18.2 Å². The molecule has 13 heteroatoms. The van der Waals surface area contributed by atoms with Gasteiger partial charge in [0.2, 0.25) is 0 Å². The van der Waals surface area contributed by atoms with Crippen LogP contribution in [0.15, 0.2) is 42.5 Å². The zero-order valence-corrected chi connectivity index (χ0v) is 26.4. The topological polar surface area (TPSA) is 135 Å². The lowest BCUT2D eigenvalue weighted by molar-refractivity contribution is -0.147. The molecule has 2 aromatic rings. The van der Waals surface area contributed by atoms with Gasteiger partial charge in [0.05, 0.1) is 71.7 Å². The van der Waals surface area contributed by atoms with Gasteiger partial charge in [-0.2, -0.15) is 0 Å². The summed E-state index contributed by atoms with van der Waals surface area (Å²) in [6.45, 7) is 7.71. The third kappa shape index (κ3) is 14.0. The summed E-state index contributed by atoms with van der Waals surface area (Å²) < 4.78 is 38.7. The van der Waals surface area contributed by atoms with Crippen molar-refractivity contribution >= 4 is 17.9 Å². The molecule has 3 rings (SSSR count). The molecule has 1 fully saturated rings. The van der Waals surface area contributed by atoms with E-state index < -0.39 is 18.0 Å². The zero-order valence-electron chi connectivity index (χ0n) is 26.4. The van der Waals surface area contributed by atoms with Gasteiger partial charge >= 0.3 is 17.9 Å². The molecule has 0 N–H and O–H groups in total. The minimum Gasteiger partial charge on any atom is -0.465 e. The van der Waals surface area contributed by atoms with E-state index in [4.69, 9.17) is 33.2 Å². The molecule has 0 amide bonds. The van der Waals surface area contributed by atoms with Crippen LogP contribution >= 0.6 is 0 Å². The smallest absolute Gasteiger partial charge is 0.356 e. The number of aromatic nitrogens is 1. The van der Waals surface area contributed by atoms with Crippen LogP contribution < -0.4 is 0 Å². The van der Waals surface area contributed by atoms with Crippen molar-refractivity contribution in [2.24, 2.45) is 0 Å². The number of pyridine rings is 1. The quantitative estimate of drug-likeness (QED) is 0.311. The van der Waals surface area contributed by atoms with Gasteiger partial charge in [0.25, 0.3) is 0 Å². The number of carbonyl (C=O) groups excluding carboxylic acids is 3. The Morgan fingerprint density at radius 1 is 0.800 bits per heavy atom. The Morgan fingerprint density at radius 2 is 1.44 bits per heavy atom. The number of benzene rings is 1. The van der Waals surface area contributed by atoms with E-state index in [-0.39, 0.29) is 24.9 Å². The molecule has 0 aliphatic carbocycles. The summed E-state index contributed by atoms with van der Waals surface area (Å²) in [5.74, 6) is -1.27. The first kappa shape index (κ1) is 36.0. The predicted octanol–water partition coefficient (Wildman–Crippen LogP) is 1.97. The third-order valence-corrected chi connectivity index (χ3v) is 6.91. The third-order valence-electron chi connectivity index (χ3n) is 6.91. The fourth-order valence-corrected chi connectivity index (χ4v) is 4.55. The summed E-state index contributed by atoms with van der Waals surface area (Å²) in [7, 11) is 2.69. The van der Waals surface area contributed by atoms with Gasteiger partial charge in [-0.25, -0.2) is 14.6 Å². The molecule has 1 aromatic heterocycles. The van der Waals surface area contributed by atoms with Crippen LogP contribution in [0.1, 0.15) is 39.0 Å². The number of hydrogen-bond acceptors (Lipinski definition) is 13. The molecule has 45 heavy (non-hydrogen) atoms. The highest BCUT2D eigenvalue weighted by Crippen LogP contribution is 2.11. The fourth-order valence-electron chi connectivity index (χ4n) is 4.55. The summed E-state index contributed by atoms with van der Waals surface area (Å²) in [5.41, 5.74) is 2.42. The van der Waals surface area contributed by atoms with Gasteiger partial charge in [-0.05, 0) is 29.8 Å². The number of methoxy groups -OCH3 is 2. The van der Waals surface area contributed by atoms with E-state index in [1.165, 1.54) is 21.1 Å². The predicted molar refractivity (Wildman–Crippen MR) is 163 cm³/mol. The van der Waals surface area contributed by atoms with Crippen molar-refractivity contribution < 1.29 is 47.5 Å². The van der Waals surface area contributed by atoms with Gasteiger partial charge in [0, 0.05) is 46.2 Å². The highest BCUT2D eigenvalue weighted by Gasteiger charge is 2.16. The van der Waals surface area contributed by atoms with Crippen LogP contribution in [-0.2, 0) is 51.0 Å². The maximum atomic E-state index is 12.0. The average molecular weight is 632 g/mol. The van der Waals surface area contributed by atoms with Crippen LogP contribution in [0, 0.1) is 0 Å². The normalized spacial score (nSPS) is 18.7. The summed E-state index contributed by atoms with van der Waals surface area (Å²) in [6, 6.07) is 12.6. The highest BCUT2D eigenvalue weighted by atomic mass is 16.6. The molecule has 1 aromatic carbocycles. The summed E-state index contributed by atoms with van der Waals surface area (Å²) >= 11 is 0. The van der Waals surface area contributed by atoms with Crippen LogP contribution in [-0.4, -0.2) is 132 Å². The second-order valence-corrected chi connectivity index (χ2v) is 10.3. The fraction of sp³-hybridized carbons (Fsp3) is 0.562. The first-order valence-corrected chi connectivity index (χ1v) is 15.0. The van der Waals surface area contributed by atoms with Gasteiger partial charge < -0.3 is 33.2 Å². The Morgan fingerprint density at radius 3 is 2.13 bits per heavy atom. The molecular weight excluding hydrogens is 586 g/mol. The first-order valence-electron chi connectivity index (χ1n) is 15.0. The number of hydrogen-bond donors (Lipinski definition) is 0. The highest BCUT2D eigenvalue weighted by molar-refractivity contribution is 5.89. The van der Waals surface area contributed by atoms with Gasteiger partial charge in [-0.3, -0.25) is 14.6 Å². The molecule has 1 aliphatic rings. The Kier molecular flexibility index (Phi) is 16.4. The molecule has 0 bridgehead atoms. The molecule has 1 saturated heterocycles. The van der Waals surface area contributed by atoms with Crippen molar-refractivity contribution in [1.82, 2.24) is 14.8 Å². The summed E-state index contributed by atoms with van der Waals surface area (Å²) in [6.07, 6.45) is -0.458. The molecule has 13 nitrogen and oxygen atoms in total. The van der Waals surface area contributed by atoms with Gasteiger partial charge in [0.1, 0.15) is 18.4 Å². The van der Waals surface area contributed by atoms with E-state index in [0.717, 1.165) is 5.56 Å². The average Bonchev–Trinajstić information content (AvgIpc) is 3.04. The minimum atomic E-state index is -0.493. The zero-order chi connectivity index (χ0) is 32.3. The Bertz CT molecular complexity index is 1200. The molecule has 1 atom stereocenters. The van der Waals surface area contributed by atoms with E-state index in [0.29, 0.717) is 90.2 Å². The lowest BCUT2D eigenvalue weighted by atomic mass is 10.1. The van der Waals surface area contributed by atoms with Gasteiger partial charge in [-0.1, -0.05) is 18.2 Å². The number of esters is 3. The first-order chi connectivity index (χ1) is 21.9. The standard InChI is InChI=1S/C32H45N3O10/c1-25(36)45-24-29-23-43-16-12-34(21-26-6-4-7-27(20-26)31(37)39-2)10-14-41-18-19-42-15-11-35(13-17-44-29)22-28-8-5-9-30(33-28)32(38)40-3/h4-9,20,29H,10-19,21-24H2,1-3H3/t29-/m0/s1. The molecule has 0 unspecified atom stereocenters. The Labute approximate surface area is 264 Å². The number of ether oxygens (including phenoxy) is 7. The van der Waals surface area contributed by atoms with Crippen molar-refractivity contribution in [2.45, 2.75) is 26.1 Å². The molecule has 2 heterocycles. The monoisotopic (exact) mass is 631 g/mol. The molecule has 1 aliphatic heterocycles. The number of nitrogens with zero attached hydrogens (tertiary/aromatic N) is 3. The van der Waals surface area contributed by atoms with Crippen molar-refractivity contribution in [3.8, 4) is 0 Å². The molecule has 248 valence electrons. The Hall–Kier alpha value is -3.46. The SMILES string of the molecule is COC(=O)c1cccc(CN2CCOCCOCCN(Cc3cccc(C(=O)OC)n3)CCO[C@H](COC(C)=O)COCC2)c1. The van der Waals surface area contributed by atoms with E-state index in [2.05, 4.69) is 14.8 Å². The lowest BCUT2D eigenvalue weighted by Crippen LogP contribution is -2.36.